The predicted molar refractivity (Wildman–Crippen MR) is 104 cm³/mol. The highest BCUT2D eigenvalue weighted by Crippen LogP contribution is 2.33. The number of non-ortho nitro benzene ring substituents is 1. The number of esters is 1. The van der Waals surface area contributed by atoms with Crippen LogP contribution in [-0.2, 0) is 9.53 Å². The fourth-order valence-electron chi connectivity index (χ4n) is 2.36. The number of primary amides is 1. The van der Waals surface area contributed by atoms with E-state index in [4.69, 9.17) is 10.5 Å². The highest BCUT2D eigenvalue weighted by molar-refractivity contribution is 7.18. The number of carbonyl (C=O) groups is 3. The number of anilines is 1. The summed E-state index contributed by atoms with van der Waals surface area (Å²) in [6, 6.07) is 5.74. The Hall–Kier alpha value is -3.53. The van der Waals surface area contributed by atoms with Gasteiger partial charge in [0, 0.05) is 18.2 Å². The minimum absolute atomic E-state index is 0.0325. The molecule has 0 unspecified atom stereocenters. The van der Waals surface area contributed by atoms with Crippen molar-refractivity contribution in [1.29, 1.82) is 0 Å². The van der Waals surface area contributed by atoms with E-state index in [0.29, 0.717) is 11.1 Å². The zero-order chi connectivity index (χ0) is 20.8. The molecule has 1 heterocycles. The molecular weight excluding hydrogens is 386 g/mol. The number of benzene rings is 1. The lowest BCUT2D eigenvalue weighted by Crippen LogP contribution is -2.16. The topological polar surface area (TPSA) is 142 Å². The molecule has 0 aliphatic heterocycles. The third kappa shape index (κ3) is 4.80. The average Bonchev–Trinajstić information content (AvgIpc) is 2.96. The van der Waals surface area contributed by atoms with Gasteiger partial charge in [-0.2, -0.15) is 0 Å². The summed E-state index contributed by atoms with van der Waals surface area (Å²) in [5, 5.41) is 13.4. The standard InChI is InChI=1S/C18H17N3O6S/c1-3-27-18(24)15-10(2)14(16(19)23)17(28-15)20-13(22)8-7-11-5-4-6-12(9-11)21(25)26/h4-9H,3H2,1-2H3,(H2,19,23)(H,20,22)/b8-7+. The Morgan fingerprint density at radius 2 is 2.07 bits per heavy atom. The number of nitrogens with one attached hydrogen (secondary N) is 1. The number of hydrogen-bond acceptors (Lipinski definition) is 7. The summed E-state index contributed by atoms with van der Waals surface area (Å²) in [7, 11) is 0. The number of carbonyl (C=O) groups excluding carboxylic acids is 3. The van der Waals surface area contributed by atoms with E-state index in [0.717, 1.165) is 17.4 Å². The van der Waals surface area contributed by atoms with Gasteiger partial charge in [0.15, 0.2) is 0 Å². The lowest BCUT2D eigenvalue weighted by Gasteiger charge is -2.02. The molecule has 2 rings (SSSR count). The molecule has 146 valence electrons. The first kappa shape index (κ1) is 20.8. The molecule has 0 atom stereocenters. The summed E-state index contributed by atoms with van der Waals surface area (Å²) in [6.45, 7) is 3.35. The zero-order valence-corrected chi connectivity index (χ0v) is 15.9. The Labute approximate surface area is 163 Å². The lowest BCUT2D eigenvalue weighted by atomic mass is 10.1. The SMILES string of the molecule is CCOC(=O)c1sc(NC(=O)/C=C/c2cccc([N+](=O)[O-])c2)c(C(N)=O)c1C. The Balaban J connectivity index is 2.24. The van der Waals surface area contributed by atoms with E-state index < -0.39 is 22.7 Å². The maximum Gasteiger partial charge on any atom is 0.348 e. The van der Waals surface area contributed by atoms with Gasteiger partial charge in [-0.1, -0.05) is 12.1 Å². The van der Waals surface area contributed by atoms with E-state index in [2.05, 4.69) is 5.32 Å². The number of nitro benzene ring substituents is 1. The maximum atomic E-state index is 12.2. The first-order valence-electron chi connectivity index (χ1n) is 8.08. The first-order chi connectivity index (χ1) is 13.2. The molecule has 0 saturated carbocycles. The number of amides is 2. The Bertz CT molecular complexity index is 980. The van der Waals surface area contributed by atoms with Crippen molar-refractivity contribution in [3.8, 4) is 0 Å². The van der Waals surface area contributed by atoms with Gasteiger partial charge in [0.1, 0.15) is 9.88 Å². The number of thiophene rings is 1. The Kier molecular flexibility index (Phi) is 6.61. The van der Waals surface area contributed by atoms with Gasteiger partial charge in [-0.3, -0.25) is 19.7 Å². The minimum atomic E-state index is -0.790. The van der Waals surface area contributed by atoms with Gasteiger partial charge in [-0.15, -0.1) is 11.3 Å². The van der Waals surface area contributed by atoms with E-state index in [1.165, 1.54) is 31.2 Å². The molecule has 1 aromatic carbocycles. The van der Waals surface area contributed by atoms with Crippen LogP contribution in [0.2, 0.25) is 0 Å². The predicted octanol–water partition coefficient (Wildman–Crippen LogP) is 2.89. The average molecular weight is 403 g/mol. The molecule has 0 spiro atoms. The largest absolute Gasteiger partial charge is 0.462 e. The van der Waals surface area contributed by atoms with Crippen LogP contribution in [0.3, 0.4) is 0 Å². The molecule has 3 N–H and O–H groups in total. The molecule has 10 heteroatoms. The van der Waals surface area contributed by atoms with E-state index >= 15 is 0 Å². The summed E-state index contributed by atoms with van der Waals surface area (Å²) in [4.78, 5) is 46.4. The monoisotopic (exact) mass is 403 g/mol. The van der Waals surface area contributed by atoms with E-state index in [1.54, 1.807) is 13.0 Å². The van der Waals surface area contributed by atoms with Crippen molar-refractivity contribution in [3.05, 3.63) is 62.0 Å². The zero-order valence-electron chi connectivity index (χ0n) is 15.1. The summed E-state index contributed by atoms with van der Waals surface area (Å²) in [6.07, 6.45) is 2.54. The molecule has 0 bridgehead atoms. The number of hydrogen-bond donors (Lipinski definition) is 2. The van der Waals surface area contributed by atoms with Crippen LogP contribution in [0.25, 0.3) is 6.08 Å². The van der Waals surface area contributed by atoms with Gasteiger partial charge in [-0.25, -0.2) is 4.79 Å². The van der Waals surface area contributed by atoms with Crippen LogP contribution in [0.15, 0.2) is 30.3 Å². The molecule has 9 nitrogen and oxygen atoms in total. The quantitative estimate of drug-likeness (QED) is 0.315. The lowest BCUT2D eigenvalue weighted by molar-refractivity contribution is -0.384. The molecule has 2 amide bonds. The second-order valence-corrected chi connectivity index (χ2v) is 6.54. The second-order valence-electron chi connectivity index (χ2n) is 5.52. The molecule has 0 saturated heterocycles. The van der Waals surface area contributed by atoms with Crippen LogP contribution in [0.5, 0.6) is 0 Å². The molecule has 0 radical (unpaired) electrons. The van der Waals surface area contributed by atoms with Crippen molar-refractivity contribution >= 4 is 45.9 Å². The van der Waals surface area contributed by atoms with Crippen LogP contribution >= 0.6 is 11.3 Å². The van der Waals surface area contributed by atoms with Gasteiger partial charge in [0.2, 0.25) is 5.91 Å². The van der Waals surface area contributed by atoms with Crippen LogP contribution in [0.1, 0.15) is 38.1 Å². The van der Waals surface area contributed by atoms with Gasteiger partial charge in [-0.05, 0) is 31.1 Å². The number of nitrogens with zero attached hydrogens (tertiary/aromatic N) is 1. The summed E-state index contributed by atoms with van der Waals surface area (Å²) < 4.78 is 4.94. The minimum Gasteiger partial charge on any atom is -0.462 e. The highest BCUT2D eigenvalue weighted by Gasteiger charge is 2.24. The van der Waals surface area contributed by atoms with Crippen LogP contribution in [0, 0.1) is 17.0 Å². The van der Waals surface area contributed by atoms with E-state index in [1.807, 2.05) is 0 Å². The molecule has 2 aromatic rings. The summed E-state index contributed by atoms with van der Waals surface area (Å²) >= 11 is 0.888. The van der Waals surface area contributed by atoms with Gasteiger partial charge >= 0.3 is 5.97 Å². The van der Waals surface area contributed by atoms with Crippen molar-refractivity contribution in [3.63, 3.8) is 0 Å². The first-order valence-corrected chi connectivity index (χ1v) is 8.90. The number of rotatable bonds is 7. The number of ether oxygens (including phenoxy) is 1. The number of nitro groups is 1. The molecule has 1 aromatic heterocycles. The van der Waals surface area contributed by atoms with Gasteiger partial charge in [0.05, 0.1) is 17.1 Å². The third-order valence-corrected chi connectivity index (χ3v) is 4.79. The molecule has 0 aliphatic carbocycles. The highest BCUT2D eigenvalue weighted by atomic mass is 32.1. The van der Waals surface area contributed by atoms with Crippen molar-refractivity contribution in [2.45, 2.75) is 13.8 Å². The van der Waals surface area contributed by atoms with Crippen LogP contribution in [-0.4, -0.2) is 29.3 Å². The molecular formula is C18H17N3O6S. The van der Waals surface area contributed by atoms with Crippen molar-refractivity contribution in [1.82, 2.24) is 0 Å². The van der Waals surface area contributed by atoms with Gasteiger partial charge < -0.3 is 15.8 Å². The van der Waals surface area contributed by atoms with E-state index in [9.17, 15) is 24.5 Å². The normalized spacial score (nSPS) is 10.6. The molecule has 28 heavy (non-hydrogen) atoms. The van der Waals surface area contributed by atoms with Crippen LogP contribution < -0.4 is 11.1 Å². The summed E-state index contributed by atoms with van der Waals surface area (Å²) in [5.74, 6) is -1.99. The maximum absolute atomic E-state index is 12.2. The Morgan fingerprint density at radius 1 is 1.36 bits per heavy atom. The second kappa shape index (κ2) is 8.91. The summed E-state index contributed by atoms with van der Waals surface area (Å²) in [5.41, 5.74) is 6.08. The molecule has 0 fully saturated rings. The fraction of sp³-hybridized carbons (Fsp3) is 0.167. The van der Waals surface area contributed by atoms with Crippen molar-refractivity contribution < 1.29 is 24.0 Å². The van der Waals surface area contributed by atoms with Crippen molar-refractivity contribution in [2.75, 3.05) is 11.9 Å². The number of nitrogens with two attached hydrogens (primary N) is 1. The van der Waals surface area contributed by atoms with E-state index in [-0.39, 0.29) is 27.7 Å². The third-order valence-electron chi connectivity index (χ3n) is 3.60. The fourth-order valence-corrected chi connectivity index (χ4v) is 3.47. The van der Waals surface area contributed by atoms with Gasteiger partial charge in [0.25, 0.3) is 11.6 Å². The smallest absolute Gasteiger partial charge is 0.348 e. The van der Waals surface area contributed by atoms with Crippen LogP contribution in [0.4, 0.5) is 10.7 Å². The van der Waals surface area contributed by atoms with Crippen molar-refractivity contribution in [2.24, 2.45) is 5.73 Å². The Morgan fingerprint density at radius 3 is 2.68 bits per heavy atom. The molecule has 0 aliphatic rings.